The number of rotatable bonds is 1. The first-order valence-electron chi connectivity index (χ1n) is 4.53. The quantitative estimate of drug-likeness (QED) is 0.502. The Labute approximate surface area is 97.0 Å². The zero-order chi connectivity index (χ0) is 12.8. The average Bonchev–Trinajstić information content (AvgIpc) is 2.21. The number of nitrogen functional groups attached to an aromatic ring is 1. The predicted molar refractivity (Wildman–Crippen MR) is 62.4 cm³/mol. The van der Waals surface area contributed by atoms with Gasteiger partial charge in [0.05, 0.1) is 5.56 Å². The normalized spacial score (nSPS) is 15.5. The Kier molecular flexibility index (Phi) is 2.37. The minimum absolute atomic E-state index is 0.0879. The standard InChI is InChI=1S/C10H8N2O4S/c11-6-3-1-2-5-4-7(17(14,15)16)9(12)10(13)8(5)6/h1-4,12H,11H2,(H,14,15,16). The van der Waals surface area contributed by atoms with Crippen LogP contribution in [0.15, 0.2) is 23.1 Å². The molecular weight excluding hydrogens is 244 g/mol. The van der Waals surface area contributed by atoms with Crippen LogP contribution >= 0.6 is 0 Å². The first-order chi connectivity index (χ1) is 7.82. The highest BCUT2D eigenvalue weighted by atomic mass is 32.2. The van der Waals surface area contributed by atoms with Crippen LogP contribution in [-0.2, 0) is 10.1 Å². The molecule has 0 bridgehead atoms. The number of carbonyl (C=O) groups is 1. The van der Waals surface area contributed by atoms with Gasteiger partial charge in [-0.05, 0) is 17.7 Å². The van der Waals surface area contributed by atoms with Crippen molar-refractivity contribution in [1.82, 2.24) is 0 Å². The zero-order valence-electron chi connectivity index (χ0n) is 8.47. The number of nitrogens with one attached hydrogen (secondary N) is 1. The van der Waals surface area contributed by atoms with Crippen molar-refractivity contribution in [2.24, 2.45) is 0 Å². The summed E-state index contributed by atoms with van der Waals surface area (Å²) in [6.45, 7) is 0. The average molecular weight is 252 g/mol. The first-order valence-corrected chi connectivity index (χ1v) is 5.97. The molecule has 7 heteroatoms. The Morgan fingerprint density at radius 3 is 2.53 bits per heavy atom. The van der Waals surface area contributed by atoms with Crippen molar-refractivity contribution in [2.45, 2.75) is 0 Å². The first kappa shape index (κ1) is 11.5. The molecule has 0 saturated carbocycles. The number of anilines is 1. The summed E-state index contributed by atoms with van der Waals surface area (Å²) in [6, 6.07) is 4.52. The Balaban J connectivity index is 2.80. The smallest absolute Gasteiger partial charge is 0.296 e. The fourth-order valence-electron chi connectivity index (χ4n) is 1.62. The van der Waals surface area contributed by atoms with Crippen molar-refractivity contribution in [3.05, 3.63) is 34.2 Å². The summed E-state index contributed by atoms with van der Waals surface area (Å²) in [4.78, 5) is 11.1. The van der Waals surface area contributed by atoms with E-state index in [9.17, 15) is 13.2 Å². The van der Waals surface area contributed by atoms with E-state index in [0.717, 1.165) is 6.08 Å². The number of allylic oxidation sites excluding steroid dienone is 1. The monoisotopic (exact) mass is 252 g/mol. The van der Waals surface area contributed by atoms with Crippen molar-refractivity contribution in [3.63, 3.8) is 0 Å². The van der Waals surface area contributed by atoms with Crippen LogP contribution in [0.4, 0.5) is 5.69 Å². The van der Waals surface area contributed by atoms with Gasteiger partial charge in [0.15, 0.2) is 0 Å². The summed E-state index contributed by atoms with van der Waals surface area (Å²) in [6.07, 6.45) is 1.06. The number of Topliss-reactive ketones (excluding diaryl/α,β-unsaturated/α-hetero) is 1. The van der Waals surface area contributed by atoms with Gasteiger partial charge in [0.25, 0.3) is 10.1 Å². The van der Waals surface area contributed by atoms with Crippen molar-refractivity contribution >= 4 is 33.4 Å². The molecule has 1 aromatic rings. The number of hydrogen-bond acceptors (Lipinski definition) is 5. The number of benzene rings is 1. The summed E-state index contributed by atoms with van der Waals surface area (Å²) >= 11 is 0. The van der Waals surface area contributed by atoms with Crippen molar-refractivity contribution < 1.29 is 17.8 Å². The molecule has 6 nitrogen and oxygen atoms in total. The molecule has 1 aliphatic rings. The number of nitrogens with two attached hydrogens (primary N) is 1. The fraction of sp³-hybridized carbons (Fsp3) is 0. The number of hydrogen-bond donors (Lipinski definition) is 3. The van der Waals surface area contributed by atoms with Crippen LogP contribution < -0.4 is 5.73 Å². The lowest BCUT2D eigenvalue weighted by Gasteiger charge is -2.15. The minimum Gasteiger partial charge on any atom is -0.398 e. The van der Waals surface area contributed by atoms with Crippen molar-refractivity contribution in [3.8, 4) is 0 Å². The van der Waals surface area contributed by atoms with E-state index in [-0.39, 0.29) is 16.8 Å². The van der Waals surface area contributed by atoms with Gasteiger partial charge in [-0.15, -0.1) is 0 Å². The molecule has 0 atom stereocenters. The van der Waals surface area contributed by atoms with Gasteiger partial charge in [-0.25, -0.2) is 0 Å². The molecule has 0 unspecified atom stereocenters. The lowest BCUT2D eigenvalue weighted by Crippen LogP contribution is -2.26. The third kappa shape index (κ3) is 1.75. The van der Waals surface area contributed by atoms with Gasteiger partial charge in [0, 0.05) is 5.69 Å². The van der Waals surface area contributed by atoms with Gasteiger partial charge < -0.3 is 5.73 Å². The second kappa shape index (κ2) is 3.51. The largest absolute Gasteiger partial charge is 0.398 e. The topological polar surface area (TPSA) is 121 Å². The van der Waals surface area contributed by atoms with E-state index >= 15 is 0 Å². The summed E-state index contributed by atoms with van der Waals surface area (Å²) in [7, 11) is -4.59. The molecule has 1 aromatic carbocycles. The highest BCUT2D eigenvalue weighted by Gasteiger charge is 2.32. The highest BCUT2D eigenvalue weighted by molar-refractivity contribution is 7.91. The third-order valence-electron chi connectivity index (χ3n) is 2.39. The fourth-order valence-corrected chi connectivity index (χ4v) is 2.25. The maximum Gasteiger partial charge on any atom is 0.296 e. The van der Waals surface area contributed by atoms with E-state index in [1.807, 2.05) is 0 Å². The van der Waals surface area contributed by atoms with E-state index in [1.54, 1.807) is 6.07 Å². The van der Waals surface area contributed by atoms with Gasteiger partial charge >= 0.3 is 0 Å². The Bertz CT molecular complexity index is 674. The zero-order valence-corrected chi connectivity index (χ0v) is 9.28. The SMILES string of the molecule is N=C1C(=O)c2c(N)cccc2C=C1S(=O)(=O)O. The van der Waals surface area contributed by atoms with E-state index in [2.05, 4.69) is 0 Å². The molecule has 0 spiro atoms. The molecule has 2 rings (SSSR count). The molecular formula is C10H8N2O4S. The van der Waals surface area contributed by atoms with E-state index in [1.165, 1.54) is 12.1 Å². The molecule has 0 aliphatic heterocycles. The van der Waals surface area contributed by atoms with Crippen LogP contribution in [0.3, 0.4) is 0 Å². The van der Waals surface area contributed by atoms with Gasteiger partial charge in [0.2, 0.25) is 5.78 Å². The molecule has 0 heterocycles. The number of fused-ring (bicyclic) bond motifs is 1. The van der Waals surface area contributed by atoms with Crippen LogP contribution in [0.5, 0.6) is 0 Å². The predicted octanol–water partition coefficient (Wildman–Crippen LogP) is 0.714. The maximum atomic E-state index is 11.8. The van der Waals surface area contributed by atoms with Gasteiger partial charge in [0.1, 0.15) is 10.6 Å². The molecule has 88 valence electrons. The van der Waals surface area contributed by atoms with Crippen molar-refractivity contribution in [1.29, 1.82) is 5.41 Å². The minimum atomic E-state index is -4.59. The molecule has 4 N–H and O–H groups in total. The van der Waals surface area contributed by atoms with Crippen LogP contribution in [-0.4, -0.2) is 24.5 Å². The highest BCUT2D eigenvalue weighted by Crippen LogP contribution is 2.28. The van der Waals surface area contributed by atoms with Gasteiger partial charge in [-0.1, -0.05) is 12.1 Å². The van der Waals surface area contributed by atoms with Gasteiger partial charge in [-0.3, -0.25) is 14.8 Å². The summed E-state index contributed by atoms with van der Waals surface area (Å²) in [5, 5.41) is 7.42. The Morgan fingerprint density at radius 1 is 1.29 bits per heavy atom. The van der Waals surface area contributed by atoms with Crippen LogP contribution in [0.2, 0.25) is 0 Å². The Morgan fingerprint density at radius 2 is 1.94 bits per heavy atom. The maximum absolute atomic E-state index is 11.8. The number of ketones is 1. The van der Waals surface area contributed by atoms with Gasteiger partial charge in [-0.2, -0.15) is 8.42 Å². The van der Waals surface area contributed by atoms with Crippen LogP contribution in [0, 0.1) is 5.41 Å². The van der Waals surface area contributed by atoms with Crippen LogP contribution in [0.25, 0.3) is 6.08 Å². The van der Waals surface area contributed by atoms with E-state index in [4.69, 9.17) is 15.7 Å². The molecule has 0 amide bonds. The molecule has 0 saturated heterocycles. The molecule has 17 heavy (non-hydrogen) atoms. The van der Waals surface area contributed by atoms with E-state index in [0.29, 0.717) is 0 Å². The third-order valence-corrected chi connectivity index (χ3v) is 3.27. The second-order valence-corrected chi connectivity index (χ2v) is 4.89. The second-order valence-electron chi connectivity index (χ2n) is 3.50. The molecule has 1 aliphatic carbocycles. The summed E-state index contributed by atoms with van der Waals surface area (Å²) in [5.74, 6) is -0.812. The lowest BCUT2D eigenvalue weighted by atomic mass is 9.93. The number of carbonyl (C=O) groups excluding carboxylic acids is 1. The summed E-state index contributed by atoms with van der Waals surface area (Å²) < 4.78 is 30.9. The van der Waals surface area contributed by atoms with Crippen molar-refractivity contribution in [2.75, 3.05) is 5.73 Å². The Hall–Kier alpha value is -1.99. The lowest BCUT2D eigenvalue weighted by molar-refractivity contribution is 0.106. The van der Waals surface area contributed by atoms with Crippen LogP contribution in [0.1, 0.15) is 15.9 Å². The van der Waals surface area contributed by atoms with E-state index < -0.39 is 26.5 Å². The molecule has 0 aromatic heterocycles. The summed E-state index contributed by atoms with van der Waals surface area (Å²) in [5.41, 5.74) is 5.34. The molecule has 0 fully saturated rings. The molecule has 0 radical (unpaired) electrons.